The van der Waals surface area contributed by atoms with Gasteiger partial charge in [0, 0.05) is 0 Å². The van der Waals surface area contributed by atoms with Crippen LogP contribution in [-0.2, 0) is 12.8 Å². The first-order valence-corrected chi connectivity index (χ1v) is 9.27. The van der Waals surface area contributed by atoms with Crippen molar-refractivity contribution in [3.8, 4) is 5.75 Å². The molecule has 3 aliphatic rings. The van der Waals surface area contributed by atoms with E-state index in [1.165, 1.54) is 16.7 Å². The number of benzene rings is 1. The van der Waals surface area contributed by atoms with Gasteiger partial charge in [-0.05, 0) is 90.5 Å². The number of phenolic OH excluding ortho intramolecular Hbond substituents is 1. The maximum absolute atomic E-state index is 10.5. The number of allylic oxidation sites excluding steroid dienone is 1. The average Bonchev–Trinajstić information content (AvgIpc) is 2.78. The number of aryl methyl sites for hydroxylation is 1. The van der Waals surface area contributed by atoms with Crippen LogP contribution < -0.4 is 0 Å². The summed E-state index contributed by atoms with van der Waals surface area (Å²) < 4.78 is 0. The van der Waals surface area contributed by atoms with Gasteiger partial charge in [0.25, 0.3) is 0 Å². The molecule has 0 saturated heterocycles. The number of aliphatic hydroxyl groups excluding tert-OH is 2. The van der Waals surface area contributed by atoms with E-state index in [1.807, 2.05) is 18.2 Å². The van der Waals surface area contributed by atoms with Crippen LogP contribution in [0, 0.1) is 17.3 Å². The van der Waals surface area contributed by atoms with Crippen molar-refractivity contribution in [1.82, 2.24) is 0 Å². The Balaban J connectivity index is 1.75. The molecule has 130 valence electrons. The van der Waals surface area contributed by atoms with Gasteiger partial charge in [-0.25, -0.2) is 0 Å². The van der Waals surface area contributed by atoms with Crippen LogP contribution in [0.15, 0.2) is 24.8 Å². The van der Waals surface area contributed by atoms with E-state index in [2.05, 4.69) is 13.5 Å². The van der Waals surface area contributed by atoms with E-state index in [9.17, 15) is 15.3 Å². The fourth-order valence-electron chi connectivity index (χ4n) is 6.13. The maximum atomic E-state index is 10.5. The lowest BCUT2D eigenvalue weighted by Crippen LogP contribution is -2.45. The number of hydrogen-bond donors (Lipinski definition) is 3. The molecule has 2 fully saturated rings. The highest BCUT2D eigenvalue weighted by Gasteiger charge is 2.57. The van der Waals surface area contributed by atoms with Gasteiger partial charge in [0.05, 0.1) is 12.2 Å². The van der Waals surface area contributed by atoms with E-state index < -0.39 is 12.2 Å². The van der Waals surface area contributed by atoms with Gasteiger partial charge in [-0.1, -0.05) is 13.0 Å². The summed E-state index contributed by atoms with van der Waals surface area (Å²) in [7, 11) is 0. The van der Waals surface area contributed by atoms with Crippen molar-refractivity contribution in [2.24, 2.45) is 17.3 Å². The Morgan fingerprint density at radius 3 is 2.83 bits per heavy atom. The SMILES string of the molecule is C=CCc1cc(O)cc2c1[C@H]1CC[C@]3(C)[C@@H](O)[C@H](O)C[C@H]3[C@@H]1CC2. The predicted octanol–water partition coefficient (Wildman–Crippen LogP) is 3.31. The molecule has 3 nitrogen and oxygen atoms in total. The predicted molar refractivity (Wildman–Crippen MR) is 94.0 cm³/mol. The summed E-state index contributed by atoms with van der Waals surface area (Å²) >= 11 is 0. The summed E-state index contributed by atoms with van der Waals surface area (Å²) in [6.07, 6.45) is 6.35. The Kier molecular flexibility index (Phi) is 3.77. The monoisotopic (exact) mass is 328 g/mol. The smallest absolute Gasteiger partial charge is 0.116 e. The minimum absolute atomic E-state index is 0.145. The molecule has 0 radical (unpaired) electrons. The zero-order chi connectivity index (χ0) is 17.1. The molecule has 0 heterocycles. The minimum Gasteiger partial charge on any atom is -0.508 e. The van der Waals surface area contributed by atoms with E-state index in [0.717, 1.165) is 38.5 Å². The van der Waals surface area contributed by atoms with Gasteiger partial charge in [0.15, 0.2) is 0 Å². The summed E-state index contributed by atoms with van der Waals surface area (Å²) in [5, 5.41) is 30.8. The lowest BCUT2D eigenvalue weighted by atomic mass is 9.55. The summed E-state index contributed by atoms with van der Waals surface area (Å²) in [6, 6.07) is 3.83. The minimum atomic E-state index is -0.586. The summed E-state index contributed by atoms with van der Waals surface area (Å²) in [6.45, 7) is 6.05. The van der Waals surface area contributed by atoms with E-state index >= 15 is 0 Å². The van der Waals surface area contributed by atoms with E-state index in [0.29, 0.717) is 23.5 Å². The van der Waals surface area contributed by atoms with E-state index in [1.54, 1.807) is 0 Å². The standard InChI is InChI=1S/C21H28O3/c1-3-4-12-9-14(22)10-13-5-6-15-16(19(12)13)7-8-21(2)17(15)11-18(23)20(21)24/h3,9-10,15-18,20,22-24H,1,4-8,11H2,2H3/t15-,16+,17+,18-,20+,21+/m1/s1. The quantitative estimate of drug-likeness (QED) is 0.730. The van der Waals surface area contributed by atoms with Crippen molar-refractivity contribution in [1.29, 1.82) is 0 Å². The first kappa shape index (κ1) is 16.2. The van der Waals surface area contributed by atoms with Crippen molar-refractivity contribution in [3.63, 3.8) is 0 Å². The molecular weight excluding hydrogens is 300 g/mol. The third-order valence-corrected chi connectivity index (χ3v) is 7.23. The third kappa shape index (κ3) is 2.18. The van der Waals surface area contributed by atoms with E-state index in [4.69, 9.17) is 0 Å². The van der Waals surface area contributed by atoms with Gasteiger partial charge in [-0.15, -0.1) is 6.58 Å². The number of rotatable bonds is 2. The van der Waals surface area contributed by atoms with Crippen LogP contribution in [0.3, 0.4) is 0 Å². The molecule has 0 spiro atoms. The lowest BCUT2D eigenvalue weighted by molar-refractivity contribution is -0.0506. The number of hydrogen-bond acceptors (Lipinski definition) is 3. The summed E-state index contributed by atoms with van der Waals surface area (Å²) in [5.41, 5.74) is 3.77. The number of aliphatic hydroxyl groups is 2. The van der Waals surface area contributed by atoms with Crippen molar-refractivity contribution < 1.29 is 15.3 Å². The molecule has 1 aromatic rings. The molecule has 0 amide bonds. The second-order valence-corrected chi connectivity index (χ2v) is 8.38. The Bertz CT molecular complexity index is 667. The van der Waals surface area contributed by atoms with Gasteiger partial charge in [-0.2, -0.15) is 0 Å². The second-order valence-electron chi connectivity index (χ2n) is 8.38. The van der Waals surface area contributed by atoms with Crippen LogP contribution in [0.25, 0.3) is 0 Å². The molecule has 3 heteroatoms. The Hall–Kier alpha value is -1.32. The lowest BCUT2D eigenvalue weighted by Gasteiger charge is -2.50. The number of aromatic hydroxyl groups is 1. The second kappa shape index (κ2) is 5.60. The Morgan fingerprint density at radius 2 is 2.08 bits per heavy atom. The zero-order valence-corrected chi connectivity index (χ0v) is 14.4. The fourth-order valence-corrected chi connectivity index (χ4v) is 6.13. The normalized spacial score (nSPS) is 40.5. The van der Waals surface area contributed by atoms with Crippen LogP contribution in [0.1, 0.15) is 55.2 Å². The zero-order valence-electron chi connectivity index (χ0n) is 14.4. The largest absolute Gasteiger partial charge is 0.508 e. The van der Waals surface area contributed by atoms with Crippen molar-refractivity contribution in [2.45, 2.75) is 63.6 Å². The first-order valence-electron chi connectivity index (χ1n) is 9.27. The van der Waals surface area contributed by atoms with Gasteiger partial charge in [0.1, 0.15) is 5.75 Å². The molecule has 0 bridgehead atoms. The van der Waals surface area contributed by atoms with Crippen LogP contribution in [0.2, 0.25) is 0 Å². The number of phenols is 1. The highest BCUT2D eigenvalue weighted by Crippen LogP contribution is 2.61. The van der Waals surface area contributed by atoms with Crippen molar-refractivity contribution in [3.05, 3.63) is 41.5 Å². The molecule has 2 saturated carbocycles. The summed E-state index contributed by atoms with van der Waals surface area (Å²) in [4.78, 5) is 0. The highest BCUT2D eigenvalue weighted by atomic mass is 16.3. The fraction of sp³-hybridized carbons (Fsp3) is 0.619. The van der Waals surface area contributed by atoms with Crippen molar-refractivity contribution >= 4 is 0 Å². The van der Waals surface area contributed by atoms with Gasteiger partial charge in [-0.3, -0.25) is 0 Å². The molecule has 1 aromatic carbocycles. The molecule has 0 aliphatic heterocycles. The molecule has 24 heavy (non-hydrogen) atoms. The van der Waals surface area contributed by atoms with Gasteiger partial charge < -0.3 is 15.3 Å². The molecule has 0 unspecified atom stereocenters. The first-order chi connectivity index (χ1) is 11.5. The molecule has 6 atom stereocenters. The molecule has 0 aromatic heterocycles. The highest BCUT2D eigenvalue weighted by molar-refractivity contribution is 5.47. The molecular formula is C21H28O3. The maximum Gasteiger partial charge on any atom is 0.116 e. The van der Waals surface area contributed by atoms with E-state index in [-0.39, 0.29) is 5.41 Å². The van der Waals surface area contributed by atoms with Crippen LogP contribution in [0.4, 0.5) is 0 Å². The van der Waals surface area contributed by atoms with Crippen LogP contribution >= 0.6 is 0 Å². The number of fused-ring (bicyclic) bond motifs is 5. The molecule has 3 N–H and O–H groups in total. The topological polar surface area (TPSA) is 60.7 Å². The Morgan fingerprint density at radius 1 is 1.29 bits per heavy atom. The summed E-state index contributed by atoms with van der Waals surface area (Å²) in [5.74, 6) is 1.76. The molecule has 4 rings (SSSR count). The third-order valence-electron chi connectivity index (χ3n) is 7.23. The average molecular weight is 328 g/mol. The van der Waals surface area contributed by atoms with Crippen molar-refractivity contribution in [2.75, 3.05) is 0 Å². The molecule has 3 aliphatic carbocycles. The van der Waals surface area contributed by atoms with Crippen LogP contribution in [-0.4, -0.2) is 27.5 Å². The van der Waals surface area contributed by atoms with Gasteiger partial charge in [0.2, 0.25) is 0 Å². The van der Waals surface area contributed by atoms with Crippen LogP contribution in [0.5, 0.6) is 5.75 Å². The van der Waals surface area contributed by atoms with Gasteiger partial charge >= 0.3 is 0 Å². The Labute approximate surface area is 144 Å².